The van der Waals surface area contributed by atoms with E-state index in [0.29, 0.717) is 24.9 Å². The maximum Gasteiger partial charge on any atom is 0.223 e. The molecule has 2 bridgehead atoms. The van der Waals surface area contributed by atoms with Crippen LogP contribution in [-0.4, -0.2) is 24.5 Å². The molecule has 0 spiro atoms. The van der Waals surface area contributed by atoms with Gasteiger partial charge in [0, 0.05) is 6.04 Å². The first-order chi connectivity index (χ1) is 11.6. The van der Waals surface area contributed by atoms with E-state index >= 15 is 0 Å². The maximum atomic E-state index is 12.6. The second-order valence-corrected chi connectivity index (χ2v) is 7.37. The van der Waals surface area contributed by atoms with Crippen molar-refractivity contribution < 1.29 is 14.3 Å². The molecule has 3 N–H and O–H groups in total. The van der Waals surface area contributed by atoms with E-state index in [1.54, 1.807) is 0 Å². The van der Waals surface area contributed by atoms with Crippen molar-refractivity contribution in [1.82, 2.24) is 5.32 Å². The van der Waals surface area contributed by atoms with Crippen LogP contribution in [0.4, 0.5) is 0 Å². The van der Waals surface area contributed by atoms with Crippen LogP contribution in [0.2, 0.25) is 0 Å². The fourth-order valence-electron chi connectivity index (χ4n) is 4.97. The van der Waals surface area contributed by atoms with E-state index in [2.05, 4.69) is 11.4 Å². The minimum absolute atomic E-state index is 0.0412. The molecule has 4 rings (SSSR count). The number of nitrogens with two attached hydrogens (primary N) is 1. The summed E-state index contributed by atoms with van der Waals surface area (Å²) in [5.74, 6) is 0.236. The molecule has 2 aliphatic carbocycles. The van der Waals surface area contributed by atoms with E-state index < -0.39 is 0 Å². The molecule has 2 amide bonds. The molecule has 1 aliphatic heterocycles. The molecule has 1 aromatic carbocycles. The molecule has 5 nitrogen and oxygen atoms in total. The number of ether oxygens (including phenoxy) is 1. The Morgan fingerprint density at radius 2 is 2.00 bits per heavy atom. The van der Waals surface area contributed by atoms with Crippen LogP contribution >= 0.6 is 0 Å². The highest BCUT2D eigenvalue weighted by molar-refractivity contribution is 5.81. The Labute approximate surface area is 141 Å². The second kappa shape index (κ2) is 6.20. The van der Waals surface area contributed by atoms with E-state index in [9.17, 15) is 9.59 Å². The van der Waals surface area contributed by atoms with E-state index in [1.807, 2.05) is 18.2 Å². The van der Waals surface area contributed by atoms with Gasteiger partial charge in [-0.2, -0.15) is 0 Å². The summed E-state index contributed by atoms with van der Waals surface area (Å²) in [6.07, 6.45) is 4.16. The Balaban J connectivity index is 1.43. The summed E-state index contributed by atoms with van der Waals surface area (Å²) in [4.78, 5) is 24.4. The van der Waals surface area contributed by atoms with Crippen LogP contribution in [0.25, 0.3) is 0 Å². The maximum absolute atomic E-state index is 12.6. The molecular formula is C19H24N2O3. The summed E-state index contributed by atoms with van der Waals surface area (Å²) in [7, 11) is 0. The number of rotatable bonds is 4. The lowest BCUT2D eigenvalue weighted by atomic mass is 9.83. The molecule has 0 aromatic heterocycles. The van der Waals surface area contributed by atoms with Crippen molar-refractivity contribution in [2.75, 3.05) is 6.61 Å². The van der Waals surface area contributed by atoms with Crippen LogP contribution in [0.1, 0.15) is 42.9 Å². The lowest BCUT2D eigenvalue weighted by molar-refractivity contribution is -0.128. The van der Waals surface area contributed by atoms with E-state index in [1.165, 1.54) is 5.56 Å². The lowest BCUT2D eigenvalue weighted by Gasteiger charge is -2.31. The summed E-state index contributed by atoms with van der Waals surface area (Å²) in [5.41, 5.74) is 7.95. The first kappa shape index (κ1) is 15.6. The third-order valence-electron chi connectivity index (χ3n) is 6.04. The number of amides is 2. The number of carbonyl (C=O) groups excluding carboxylic acids is 2. The van der Waals surface area contributed by atoms with Gasteiger partial charge in [0.2, 0.25) is 11.8 Å². The van der Waals surface area contributed by atoms with Gasteiger partial charge in [-0.3, -0.25) is 9.59 Å². The number of nitrogens with one attached hydrogen (secondary N) is 1. The molecule has 0 unspecified atom stereocenters. The molecule has 5 atom stereocenters. The molecule has 3 aliphatic rings. The van der Waals surface area contributed by atoms with Gasteiger partial charge in [-0.25, -0.2) is 0 Å². The van der Waals surface area contributed by atoms with E-state index in [4.69, 9.17) is 10.5 Å². The molecule has 24 heavy (non-hydrogen) atoms. The average molecular weight is 328 g/mol. The highest BCUT2D eigenvalue weighted by atomic mass is 16.5. The molecular weight excluding hydrogens is 304 g/mol. The SMILES string of the molecule is NC(=O)[C@@H]1[C@H]2CC[C@@H](C2)[C@H]1NC(=O)C[C@@H]1OCCc2ccccc21. The minimum Gasteiger partial charge on any atom is -0.373 e. The van der Waals surface area contributed by atoms with Gasteiger partial charge in [-0.05, 0) is 48.6 Å². The molecule has 1 heterocycles. The van der Waals surface area contributed by atoms with Crippen LogP contribution in [0.5, 0.6) is 0 Å². The number of primary amides is 1. The molecule has 0 radical (unpaired) electrons. The third kappa shape index (κ3) is 2.71. The number of benzene rings is 1. The van der Waals surface area contributed by atoms with Crippen LogP contribution in [0.15, 0.2) is 24.3 Å². The van der Waals surface area contributed by atoms with Crippen LogP contribution in [0, 0.1) is 17.8 Å². The van der Waals surface area contributed by atoms with Crippen molar-refractivity contribution in [3.05, 3.63) is 35.4 Å². The predicted molar refractivity (Wildman–Crippen MR) is 88.9 cm³/mol. The normalized spacial score (nSPS) is 33.9. The van der Waals surface area contributed by atoms with Crippen molar-refractivity contribution in [1.29, 1.82) is 0 Å². The zero-order valence-electron chi connectivity index (χ0n) is 13.7. The van der Waals surface area contributed by atoms with Gasteiger partial charge >= 0.3 is 0 Å². The van der Waals surface area contributed by atoms with Crippen LogP contribution in [0.3, 0.4) is 0 Å². The van der Waals surface area contributed by atoms with Crippen molar-refractivity contribution in [3.8, 4) is 0 Å². The quantitative estimate of drug-likeness (QED) is 0.883. The Kier molecular flexibility index (Phi) is 4.04. The van der Waals surface area contributed by atoms with Crippen LogP contribution in [-0.2, 0) is 20.7 Å². The van der Waals surface area contributed by atoms with Gasteiger partial charge in [-0.15, -0.1) is 0 Å². The molecule has 5 heteroatoms. The van der Waals surface area contributed by atoms with Crippen molar-refractivity contribution >= 4 is 11.8 Å². The number of fused-ring (bicyclic) bond motifs is 3. The Hall–Kier alpha value is -1.88. The van der Waals surface area contributed by atoms with Gasteiger partial charge in [0.1, 0.15) is 0 Å². The van der Waals surface area contributed by atoms with Gasteiger partial charge in [0.05, 0.1) is 25.0 Å². The Morgan fingerprint density at radius 3 is 2.83 bits per heavy atom. The summed E-state index contributed by atoms with van der Waals surface area (Å²) >= 11 is 0. The molecule has 2 fully saturated rings. The highest BCUT2D eigenvalue weighted by Gasteiger charge is 2.50. The number of hydrogen-bond acceptors (Lipinski definition) is 3. The fourth-order valence-corrected chi connectivity index (χ4v) is 4.97. The van der Waals surface area contributed by atoms with Gasteiger partial charge in [-0.1, -0.05) is 24.3 Å². The van der Waals surface area contributed by atoms with E-state index in [0.717, 1.165) is 31.2 Å². The van der Waals surface area contributed by atoms with Crippen molar-refractivity contribution in [3.63, 3.8) is 0 Å². The number of carbonyl (C=O) groups is 2. The summed E-state index contributed by atoms with van der Waals surface area (Å²) < 4.78 is 5.82. The molecule has 0 saturated heterocycles. The zero-order valence-corrected chi connectivity index (χ0v) is 13.7. The van der Waals surface area contributed by atoms with Crippen LogP contribution < -0.4 is 11.1 Å². The molecule has 2 saturated carbocycles. The third-order valence-corrected chi connectivity index (χ3v) is 6.04. The largest absolute Gasteiger partial charge is 0.373 e. The lowest BCUT2D eigenvalue weighted by Crippen LogP contribution is -2.49. The smallest absolute Gasteiger partial charge is 0.223 e. The standard InChI is InChI=1S/C19H24N2O3/c20-19(23)17-12-5-6-13(9-12)18(17)21-16(22)10-15-14-4-2-1-3-11(14)7-8-24-15/h1-4,12-13,15,17-18H,5-10H2,(H2,20,23)(H,21,22)/t12-,13-,15-,17+,18+/m0/s1. The second-order valence-electron chi connectivity index (χ2n) is 7.37. The topological polar surface area (TPSA) is 81.4 Å². The minimum atomic E-state index is -0.272. The highest BCUT2D eigenvalue weighted by Crippen LogP contribution is 2.48. The van der Waals surface area contributed by atoms with Gasteiger partial charge in [0.15, 0.2) is 0 Å². The van der Waals surface area contributed by atoms with E-state index in [-0.39, 0.29) is 29.9 Å². The Bertz CT molecular complexity index is 660. The predicted octanol–water partition coefficient (Wildman–Crippen LogP) is 1.71. The first-order valence-corrected chi connectivity index (χ1v) is 8.91. The summed E-state index contributed by atoms with van der Waals surface area (Å²) in [5, 5.41) is 3.10. The average Bonchev–Trinajstić information content (AvgIpc) is 3.16. The van der Waals surface area contributed by atoms with Gasteiger partial charge < -0.3 is 15.8 Å². The van der Waals surface area contributed by atoms with Gasteiger partial charge in [0.25, 0.3) is 0 Å². The fraction of sp³-hybridized carbons (Fsp3) is 0.579. The number of hydrogen-bond donors (Lipinski definition) is 2. The van der Waals surface area contributed by atoms with Crippen molar-refractivity contribution in [2.24, 2.45) is 23.5 Å². The molecule has 128 valence electrons. The summed E-state index contributed by atoms with van der Waals surface area (Å²) in [6, 6.07) is 8.05. The Morgan fingerprint density at radius 1 is 1.21 bits per heavy atom. The molecule has 1 aromatic rings. The van der Waals surface area contributed by atoms with Crippen molar-refractivity contribution in [2.45, 2.75) is 44.2 Å². The monoisotopic (exact) mass is 328 g/mol. The zero-order chi connectivity index (χ0) is 16.7. The first-order valence-electron chi connectivity index (χ1n) is 8.91. The summed E-state index contributed by atoms with van der Waals surface area (Å²) in [6.45, 7) is 0.646.